The number of hydrogen-bond donors (Lipinski definition) is 0. The fraction of sp³-hybridized carbons (Fsp3) is 0.500. The van der Waals surface area contributed by atoms with Crippen LogP contribution in [0.15, 0.2) is 18.2 Å². The highest BCUT2D eigenvalue weighted by Crippen LogP contribution is 2.25. The Bertz CT molecular complexity index is 441. The summed E-state index contributed by atoms with van der Waals surface area (Å²) in [7, 11) is 3.23. The third-order valence-corrected chi connectivity index (χ3v) is 3.60. The Morgan fingerprint density at radius 3 is 2.61 bits per heavy atom. The molecule has 1 aliphatic carbocycles. The van der Waals surface area contributed by atoms with Crippen molar-refractivity contribution in [3.63, 3.8) is 0 Å². The van der Waals surface area contributed by atoms with Gasteiger partial charge in [0.2, 0.25) is 0 Å². The molecule has 0 saturated heterocycles. The van der Waals surface area contributed by atoms with Gasteiger partial charge in [0.05, 0.1) is 12.7 Å². The summed E-state index contributed by atoms with van der Waals surface area (Å²) >= 11 is 0. The largest absolute Gasteiger partial charge is 0.497 e. The van der Waals surface area contributed by atoms with Crippen molar-refractivity contribution in [2.24, 2.45) is 0 Å². The lowest BCUT2D eigenvalue weighted by molar-refractivity contribution is 0.0730. The standard InChI is InChI=1S/C14H18FNO2/c1-16(10-5-3-4-6-10)14(17)12-8-7-11(18-2)9-13(12)15/h7-10H,3-6H2,1-2H3. The van der Waals surface area contributed by atoms with E-state index < -0.39 is 5.82 Å². The second-order valence-corrected chi connectivity index (χ2v) is 4.70. The number of halogens is 1. The van der Waals surface area contributed by atoms with E-state index in [-0.39, 0.29) is 17.5 Å². The maximum absolute atomic E-state index is 13.8. The lowest BCUT2D eigenvalue weighted by atomic mass is 10.1. The Morgan fingerprint density at radius 1 is 1.39 bits per heavy atom. The van der Waals surface area contributed by atoms with Crippen molar-refractivity contribution < 1.29 is 13.9 Å². The maximum atomic E-state index is 13.8. The van der Waals surface area contributed by atoms with E-state index in [1.165, 1.54) is 19.2 Å². The van der Waals surface area contributed by atoms with E-state index >= 15 is 0 Å². The molecular weight excluding hydrogens is 233 g/mol. The Labute approximate surface area is 107 Å². The van der Waals surface area contributed by atoms with E-state index in [4.69, 9.17) is 4.74 Å². The van der Waals surface area contributed by atoms with E-state index in [1.807, 2.05) is 0 Å². The van der Waals surface area contributed by atoms with Crippen molar-refractivity contribution in [2.75, 3.05) is 14.2 Å². The number of carbonyl (C=O) groups excluding carboxylic acids is 1. The molecule has 0 atom stereocenters. The normalized spacial score (nSPS) is 15.7. The molecule has 1 aromatic rings. The lowest BCUT2D eigenvalue weighted by Crippen LogP contribution is -2.35. The van der Waals surface area contributed by atoms with Gasteiger partial charge in [-0.25, -0.2) is 4.39 Å². The number of methoxy groups -OCH3 is 1. The topological polar surface area (TPSA) is 29.5 Å². The van der Waals surface area contributed by atoms with Crippen LogP contribution in [0.4, 0.5) is 4.39 Å². The molecule has 1 aliphatic rings. The number of ether oxygens (including phenoxy) is 1. The summed E-state index contributed by atoms with van der Waals surface area (Å²) in [5.74, 6) is -0.348. The summed E-state index contributed by atoms with van der Waals surface area (Å²) in [5.41, 5.74) is 0.116. The average Bonchev–Trinajstić information content (AvgIpc) is 2.90. The second kappa shape index (κ2) is 5.38. The first-order chi connectivity index (χ1) is 8.63. The van der Waals surface area contributed by atoms with Crippen LogP contribution in [0.25, 0.3) is 0 Å². The number of rotatable bonds is 3. The van der Waals surface area contributed by atoms with Gasteiger partial charge < -0.3 is 9.64 Å². The van der Waals surface area contributed by atoms with Gasteiger partial charge in [-0.3, -0.25) is 4.79 Å². The van der Waals surface area contributed by atoms with Crippen LogP contribution in [-0.2, 0) is 0 Å². The van der Waals surface area contributed by atoms with Gasteiger partial charge in [0.25, 0.3) is 5.91 Å². The number of amides is 1. The van der Waals surface area contributed by atoms with E-state index in [2.05, 4.69) is 0 Å². The van der Waals surface area contributed by atoms with Gasteiger partial charge in [-0.1, -0.05) is 12.8 Å². The molecule has 0 aromatic heterocycles. The molecule has 0 unspecified atom stereocenters. The third-order valence-electron chi connectivity index (χ3n) is 3.60. The Hall–Kier alpha value is -1.58. The summed E-state index contributed by atoms with van der Waals surface area (Å²) in [6.45, 7) is 0. The molecule has 2 rings (SSSR count). The highest BCUT2D eigenvalue weighted by atomic mass is 19.1. The van der Waals surface area contributed by atoms with Crippen LogP contribution in [0, 0.1) is 5.82 Å². The molecule has 0 N–H and O–H groups in total. The zero-order valence-electron chi connectivity index (χ0n) is 10.8. The van der Waals surface area contributed by atoms with Crippen molar-refractivity contribution in [2.45, 2.75) is 31.7 Å². The third kappa shape index (κ3) is 2.47. The second-order valence-electron chi connectivity index (χ2n) is 4.70. The number of hydrogen-bond acceptors (Lipinski definition) is 2. The van der Waals surface area contributed by atoms with Crippen LogP contribution in [0.2, 0.25) is 0 Å². The summed E-state index contributed by atoms with van der Waals surface area (Å²) < 4.78 is 18.7. The fourth-order valence-corrected chi connectivity index (χ4v) is 2.44. The molecule has 3 nitrogen and oxygen atoms in total. The van der Waals surface area contributed by atoms with Gasteiger partial charge in [0.15, 0.2) is 0 Å². The molecule has 1 amide bonds. The number of benzene rings is 1. The van der Waals surface area contributed by atoms with E-state index in [0.717, 1.165) is 25.7 Å². The highest BCUT2D eigenvalue weighted by molar-refractivity contribution is 5.94. The molecule has 0 bridgehead atoms. The molecule has 1 saturated carbocycles. The van der Waals surface area contributed by atoms with E-state index in [1.54, 1.807) is 18.0 Å². The first kappa shape index (κ1) is 12.9. The highest BCUT2D eigenvalue weighted by Gasteiger charge is 2.25. The molecule has 4 heteroatoms. The van der Waals surface area contributed by atoms with Crippen LogP contribution in [0.3, 0.4) is 0 Å². The predicted molar refractivity (Wildman–Crippen MR) is 67.3 cm³/mol. The summed E-state index contributed by atoms with van der Waals surface area (Å²) in [6, 6.07) is 4.59. The molecule has 1 aromatic carbocycles. The van der Waals surface area contributed by atoms with Crippen LogP contribution in [0.5, 0.6) is 5.75 Å². The number of nitrogens with zero attached hydrogens (tertiary/aromatic N) is 1. The number of carbonyl (C=O) groups is 1. The van der Waals surface area contributed by atoms with Gasteiger partial charge in [-0.05, 0) is 25.0 Å². The zero-order chi connectivity index (χ0) is 13.1. The molecular formula is C14H18FNO2. The van der Waals surface area contributed by atoms with Gasteiger partial charge >= 0.3 is 0 Å². The van der Waals surface area contributed by atoms with Gasteiger partial charge in [-0.15, -0.1) is 0 Å². The minimum atomic E-state index is -0.524. The fourth-order valence-electron chi connectivity index (χ4n) is 2.44. The first-order valence-corrected chi connectivity index (χ1v) is 6.24. The first-order valence-electron chi connectivity index (χ1n) is 6.24. The van der Waals surface area contributed by atoms with Gasteiger partial charge in [0, 0.05) is 19.2 Å². The molecule has 18 heavy (non-hydrogen) atoms. The van der Waals surface area contributed by atoms with Crippen LogP contribution < -0.4 is 4.74 Å². The monoisotopic (exact) mass is 251 g/mol. The van der Waals surface area contributed by atoms with E-state index in [0.29, 0.717) is 5.75 Å². The van der Waals surface area contributed by atoms with Crippen molar-refractivity contribution in [3.05, 3.63) is 29.6 Å². The Balaban J connectivity index is 2.17. The lowest BCUT2D eigenvalue weighted by Gasteiger charge is -2.24. The van der Waals surface area contributed by atoms with Crippen molar-refractivity contribution in [3.8, 4) is 5.75 Å². The summed E-state index contributed by atoms with van der Waals surface area (Å²) in [5, 5.41) is 0. The molecule has 1 fully saturated rings. The predicted octanol–water partition coefficient (Wildman–Crippen LogP) is 2.85. The van der Waals surface area contributed by atoms with Crippen LogP contribution >= 0.6 is 0 Å². The maximum Gasteiger partial charge on any atom is 0.256 e. The molecule has 0 heterocycles. The zero-order valence-corrected chi connectivity index (χ0v) is 10.8. The Morgan fingerprint density at radius 2 is 2.06 bits per heavy atom. The Kier molecular flexibility index (Phi) is 3.84. The van der Waals surface area contributed by atoms with Gasteiger partial charge in [0.1, 0.15) is 11.6 Å². The minimum Gasteiger partial charge on any atom is -0.497 e. The average molecular weight is 251 g/mol. The smallest absolute Gasteiger partial charge is 0.256 e. The van der Waals surface area contributed by atoms with Crippen molar-refractivity contribution >= 4 is 5.91 Å². The van der Waals surface area contributed by atoms with Crippen molar-refractivity contribution in [1.29, 1.82) is 0 Å². The SMILES string of the molecule is COc1ccc(C(=O)N(C)C2CCCC2)c(F)c1. The molecule has 0 spiro atoms. The van der Waals surface area contributed by atoms with Crippen LogP contribution in [-0.4, -0.2) is 31.0 Å². The minimum absolute atomic E-state index is 0.116. The van der Waals surface area contributed by atoms with E-state index in [9.17, 15) is 9.18 Å². The quantitative estimate of drug-likeness (QED) is 0.826. The van der Waals surface area contributed by atoms with Crippen molar-refractivity contribution in [1.82, 2.24) is 4.90 Å². The van der Waals surface area contributed by atoms with Crippen LogP contribution in [0.1, 0.15) is 36.0 Å². The molecule has 0 aliphatic heterocycles. The summed E-state index contributed by atoms with van der Waals surface area (Å²) in [4.78, 5) is 13.9. The molecule has 0 radical (unpaired) electrons. The summed E-state index contributed by atoms with van der Waals surface area (Å²) in [6.07, 6.45) is 4.32. The molecule has 98 valence electrons. The van der Waals surface area contributed by atoms with Gasteiger partial charge in [-0.2, -0.15) is 0 Å².